The number of hydrogen-bond acceptors (Lipinski definition) is 3. The summed E-state index contributed by atoms with van der Waals surface area (Å²) >= 11 is 5.70. The minimum absolute atomic E-state index is 0.0320. The highest BCUT2D eigenvalue weighted by Gasteiger charge is 2.40. The molecule has 0 spiro atoms. The van der Waals surface area contributed by atoms with Crippen LogP contribution in [0.3, 0.4) is 0 Å². The van der Waals surface area contributed by atoms with Crippen molar-refractivity contribution in [3.63, 3.8) is 0 Å². The van der Waals surface area contributed by atoms with E-state index in [0.717, 1.165) is 17.1 Å². The van der Waals surface area contributed by atoms with Crippen LogP contribution in [-0.4, -0.2) is 37.8 Å². The van der Waals surface area contributed by atoms with Gasteiger partial charge in [-0.25, -0.2) is 0 Å². The van der Waals surface area contributed by atoms with E-state index in [2.05, 4.69) is 80.6 Å². The van der Waals surface area contributed by atoms with Gasteiger partial charge >= 0.3 is 0 Å². The van der Waals surface area contributed by atoms with E-state index in [1.165, 1.54) is 10.8 Å². The Morgan fingerprint density at radius 2 is 1.81 bits per heavy atom. The number of pyridine rings is 1. The van der Waals surface area contributed by atoms with Crippen molar-refractivity contribution in [3.8, 4) is 5.69 Å². The Labute approximate surface area is 187 Å². The van der Waals surface area contributed by atoms with Gasteiger partial charge in [-0.2, -0.15) is 0 Å². The molecule has 0 saturated carbocycles. The lowest BCUT2D eigenvalue weighted by atomic mass is 10.0. The first-order chi connectivity index (χ1) is 15.3. The van der Waals surface area contributed by atoms with Gasteiger partial charge in [-0.1, -0.05) is 36.4 Å². The van der Waals surface area contributed by atoms with E-state index >= 15 is 0 Å². The van der Waals surface area contributed by atoms with Gasteiger partial charge in [0.25, 0.3) is 0 Å². The average Bonchev–Trinajstić information content (AvgIpc) is 3.42. The first kappa shape index (κ1) is 19.7. The van der Waals surface area contributed by atoms with Crippen molar-refractivity contribution in [1.29, 1.82) is 0 Å². The molecule has 2 aromatic carbocycles. The molecule has 0 radical (unpaired) electrons. The molecule has 3 heterocycles. The zero-order valence-electron chi connectivity index (χ0n) is 17.1. The minimum Gasteiger partial charge on any atom is -0.396 e. The van der Waals surface area contributed by atoms with Crippen LogP contribution in [0.5, 0.6) is 0 Å². The summed E-state index contributed by atoms with van der Waals surface area (Å²) in [6, 6.07) is 25.0. The molecule has 0 bridgehead atoms. The molecule has 156 valence electrons. The largest absolute Gasteiger partial charge is 0.396 e. The van der Waals surface area contributed by atoms with Crippen LogP contribution in [-0.2, 0) is 0 Å². The van der Waals surface area contributed by atoms with Crippen molar-refractivity contribution < 1.29 is 5.11 Å². The fraction of sp³-hybridized carbons (Fsp3) is 0.200. The van der Waals surface area contributed by atoms with Crippen molar-refractivity contribution in [3.05, 3.63) is 96.6 Å². The fourth-order valence-corrected chi connectivity index (χ4v) is 4.74. The number of fused-ring (bicyclic) bond motifs is 1. The second kappa shape index (κ2) is 8.49. The van der Waals surface area contributed by atoms with Crippen molar-refractivity contribution in [1.82, 2.24) is 19.8 Å². The number of hydrogen-bond donors (Lipinski definition) is 2. The number of aromatic nitrogens is 2. The topological polar surface area (TPSA) is 53.3 Å². The van der Waals surface area contributed by atoms with E-state index in [1.54, 1.807) is 0 Å². The van der Waals surface area contributed by atoms with Gasteiger partial charge in [0.1, 0.15) is 0 Å². The predicted molar refractivity (Wildman–Crippen MR) is 127 cm³/mol. The number of nitrogens with one attached hydrogen (secondary N) is 1. The fourth-order valence-electron chi connectivity index (χ4n) is 4.41. The second-order valence-corrected chi connectivity index (χ2v) is 8.12. The van der Waals surface area contributed by atoms with Gasteiger partial charge in [-0.05, 0) is 65.8 Å². The van der Waals surface area contributed by atoms with Crippen LogP contribution in [0.1, 0.15) is 29.9 Å². The minimum atomic E-state index is -0.0681. The Hall–Kier alpha value is -3.22. The molecule has 31 heavy (non-hydrogen) atoms. The highest BCUT2D eigenvalue weighted by atomic mass is 32.1. The summed E-state index contributed by atoms with van der Waals surface area (Å²) in [7, 11) is 0. The van der Waals surface area contributed by atoms with Crippen molar-refractivity contribution in [2.45, 2.75) is 18.5 Å². The van der Waals surface area contributed by atoms with E-state index in [1.807, 2.05) is 24.4 Å². The maximum atomic E-state index is 9.44. The first-order valence-corrected chi connectivity index (χ1v) is 10.9. The summed E-state index contributed by atoms with van der Waals surface area (Å²) in [6.07, 6.45) is 4.57. The Kier molecular flexibility index (Phi) is 5.40. The standard InChI is InChI=1S/C25H24N4OS/c30-16-6-15-29-24(23(27-25(29)31)21-9-3-4-13-26-21)22-10-5-14-28(22)20-12-11-18-7-1-2-8-19(18)17-20/h1-5,7-14,17,23-24,30H,6,15-16H2,(H,27,31)/t23-,24-/m1/s1. The third-order valence-corrected chi connectivity index (χ3v) is 6.20. The van der Waals surface area contributed by atoms with Gasteiger partial charge in [-0.15, -0.1) is 0 Å². The van der Waals surface area contributed by atoms with Crippen LogP contribution in [0.2, 0.25) is 0 Å². The van der Waals surface area contributed by atoms with Crippen LogP contribution < -0.4 is 5.32 Å². The molecule has 2 N–H and O–H groups in total. The van der Waals surface area contributed by atoms with Gasteiger partial charge in [0, 0.05) is 36.9 Å². The zero-order chi connectivity index (χ0) is 21.2. The Balaban J connectivity index is 1.60. The first-order valence-electron chi connectivity index (χ1n) is 10.5. The van der Waals surface area contributed by atoms with Gasteiger partial charge < -0.3 is 19.9 Å². The Bertz CT molecular complexity index is 1210. The highest BCUT2D eigenvalue weighted by Crippen LogP contribution is 2.39. The Morgan fingerprint density at radius 1 is 0.968 bits per heavy atom. The molecule has 2 aromatic heterocycles. The van der Waals surface area contributed by atoms with E-state index in [0.29, 0.717) is 18.1 Å². The number of aliphatic hydroxyl groups is 1. The maximum Gasteiger partial charge on any atom is 0.170 e. The van der Waals surface area contributed by atoms with E-state index in [9.17, 15) is 5.11 Å². The molecule has 1 fully saturated rings. The number of thiocarbonyl (C=S) groups is 1. The Morgan fingerprint density at radius 3 is 2.61 bits per heavy atom. The molecule has 0 aliphatic carbocycles. The maximum absolute atomic E-state index is 9.44. The van der Waals surface area contributed by atoms with Crippen LogP contribution in [0.15, 0.2) is 85.2 Å². The van der Waals surface area contributed by atoms with E-state index < -0.39 is 0 Å². The SMILES string of the molecule is OCCCN1C(=S)N[C@H](c2ccccn2)[C@H]1c1cccn1-c1ccc2ccccc2c1. The van der Waals surface area contributed by atoms with Gasteiger partial charge in [0.2, 0.25) is 0 Å². The van der Waals surface area contributed by atoms with Crippen LogP contribution >= 0.6 is 12.2 Å². The lowest BCUT2D eigenvalue weighted by molar-refractivity contribution is 0.245. The third-order valence-electron chi connectivity index (χ3n) is 5.85. The van der Waals surface area contributed by atoms with Crippen molar-refractivity contribution in [2.75, 3.05) is 13.2 Å². The summed E-state index contributed by atoms with van der Waals surface area (Å²) in [4.78, 5) is 6.78. The molecule has 2 atom stereocenters. The lowest BCUT2D eigenvalue weighted by Gasteiger charge is -2.28. The zero-order valence-corrected chi connectivity index (χ0v) is 17.9. The molecule has 4 aromatic rings. The number of rotatable bonds is 6. The van der Waals surface area contributed by atoms with E-state index in [4.69, 9.17) is 12.2 Å². The quantitative estimate of drug-likeness (QED) is 0.447. The van der Waals surface area contributed by atoms with E-state index in [-0.39, 0.29) is 18.7 Å². The summed E-state index contributed by atoms with van der Waals surface area (Å²) < 4.78 is 2.23. The normalized spacial score (nSPS) is 18.5. The predicted octanol–water partition coefficient (Wildman–Crippen LogP) is 4.38. The van der Waals surface area contributed by atoms with Gasteiger partial charge in [-0.3, -0.25) is 4.98 Å². The molecule has 0 unspecified atom stereocenters. The lowest BCUT2D eigenvalue weighted by Crippen LogP contribution is -2.31. The molecular formula is C25H24N4OS. The summed E-state index contributed by atoms with van der Waals surface area (Å²) in [5.41, 5.74) is 3.20. The number of aliphatic hydroxyl groups excluding tert-OH is 1. The highest BCUT2D eigenvalue weighted by molar-refractivity contribution is 7.80. The van der Waals surface area contributed by atoms with Gasteiger partial charge in [0.05, 0.1) is 17.8 Å². The van der Waals surface area contributed by atoms with Gasteiger partial charge in [0.15, 0.2) is 5.11 Å². The second-order valence-electron chi connectivity index (χ2n) is 7.73. The summed E-state index contributed by atoms with van der Waals surface area (Å²) in [5.74, 6) is 0. The molecule has 6 heteroatoms. The number of nitrogens with zero attached hydrogens (tertiary/aromatic N) is 3. The van der Waals surface area contributed by atoms with Crippen LogP contribution in [0, 0.1) is 0 Å². The molecule has 1 saturated heterocycles. The molecule has 5 rings (SSSR count). The summed E-state index contributed by atoms with van der Waals surface area (Å²) in [5, 5.41) is 16.0. The third kappa shape index (κ3) is 3.69. The molecule has 1 aliphatic heterocycles. The van der Waals surface area contributed by atoms with Crippen LogP contribution in [0.25, 0.3) is 16.5 Å². The molecule has 0 amide bonds. The molecule has 1 aliphatic rings. The summed E-state index contributed by atoms with van der Waals surface area (Å²) in [6.45, 7) is 0.811. The monoisotopic (exact) mass is 428 g/mol. The molecule has 5 nitrogen and oxygen atoms in total. The van der Waals surface area contributed by atoms with Crippen LogP contribution in [0.4, 0.5) is 0 Å². The number of benzene rings is 2. The average molecular weight is 429 g/mol. The van der Waals surface area contributed by atoms with Crippen molar-refractivity contribution >= 4 is 28.1 Å². The van der Waals surface area contributed by atoms with Crippen molar-refractivity contribution in [2.24, 2.45) is 0 Å². The smallest absolute Gasteiger partial charge is 0.170 e. The molecular weight excluding hydrogens is 404 g/mol.